The fraction of sp³-hybridized carbons (Fsp3) is 0.273. The van der Waals surface area contributed by atoms with Crippen molar-refractivity contribution >= 4 is 23.1 Å². The number of carbonyl (C=O) groups is 2. The van der Waals surface area contributed by atoms with Gasteiger partial charge in [0.25, 0.3) is 0 Å². The highest BCUT2D eigenvalue weighted by Crippen LogP contribution is 2.36. The average Bonchev–Trinajstić information content (AvgIpc) is 3.18. The van der Waals surface area contributed by atoms with Crippen LogP contribution < -0.4 is 11.1 Å². The maximum Gasteiger partial charge on any atom is 0.248 e. The van der Waals surface area contributed by atoms with Gasteiger partial charge in [-0.15, -0.1) is 0 Å². The highest BCUT2D eigenvalue weighted by Gasteiger charge is 2.31. The van der Waals surface area contributed by atoms with Gasteiger partial charge in [-0.2, -0.15) is 0 Å². The first-order valence-corrected chi connectivity index (χ1v) is 9.93. The number of nitrogens with two attached hydrogens (primary N) is 1. The number of nitrogens with zero attached hydrogens (tertiary/aromatic N) is 4. The van der Waals surface area contributed by atoms with Gasteiger partial charge in [-0.1, -0.05) is 18.7 Å². The average molecular weight is 404 g/mol. The quantitative estimate of drug-likeness (QED) is 0.636. The second kappa shape index (κ2) is 7.98. The molecule has 2 amide bonds. The van der Waals surface area contributed by atoms with E-state index < -0.39 is 5.91 Å². The minimum absolute atomic E-state index is 0.0910. The Morgan fingerprint density at radius 1 is 1.27 bits per heavy atom. The second-order valence-electron chi connectivity index (χ2n) is 7.25. The Hall–Kier alpha value is -3.68. The van der Waals surface area contributed by atoms with Crippen LogP contribution >= 0.6 is 0 Å². The van der Waals surface area contributed by atoms with Gasteiger partial charge < -0.3 is 16.0 Å². The van der Waals surface area contributed by atoms with Crippen molar-refractivity contribution in [2.24, 2.45) is 5.73 Å². The molecule has 1 fully saturated rings. The maximum atomic E-state index is 12.5. The van der Waals surface area contributed by atoms with Crippen LogP contribution in [0.4, 0.5) is 5.82 Å². The van der Waals surface area contributed by atoms with Crippen molar-refractivity contribution in [3.05, 3.63) is 60.7 Å². The Morgan fingerprint density at radius 2 is 2.03 bits per heavy atom. The van der Waals surface area contributed by atoms with Gasteiger partial charge in [-0.3, -0.25) is 14.0 Å². The normalized spacial score (nSPS) is 16.4. The number of likely N-dealkylation sites (tertiary alicyclic amines) is 1. The molecule has 1 aliphatic heterocycles. The Labute approximate surface area is 174 Å². The molecule has 1 saturated heterocycles. The van der Waals surface area contributed by atoms with Crippen LogP contribution in [-0.4, -0.2) is 44.7 Å². The summed E-state index contributed by atoms with van der Waals surface area (Å²) in [5.41, 5.74) is 8.20. The van der Waals surface area contributed by atoms with Gasteiger partial charge in [0.15, 0.2) is 5.82 Å². The van der Waals surface area contributed by atoms with Crippen molar-refractivity contribution < 1.29 is 9.59 Å². The van der Waals surface area contributed by atoms with E-state index in [-0.39, 0.29) is 11.9 Å². The second-order valence-corrected chi connectivity index (χ2v) is 7.25. The van der Waals surface area contributed by atoms with Crippen LogP contribution in [0.15, 0.2) is 49.3 Å². The highest BCUT2D eigenvalue weighted by molar-refractivity contribution is 5.94. The van der Waals surface area contributed by atoms with Crippen LogP contribution in [0.5, 0.6) is 0 Å². The molecular weight excluding hydrogens is 380 g/mol. The van der Waals surface area contributed by atoms with Gasteiger partial charge in [0, 0.05) is 37.1 Å². The molecule has 154 valence electrons. The van der Waals surface area contributed by atoms with Crippen LogP contribution in [0.2, 0.25) is 0 Å². The van der Waals surface area contributed by atoms with Crippen molar-refractivity contribution in [3.63, 3.8) is 0 Å². The molecule has 3 aromatic rings. The first kappa shape index (κ1) is 19.6. The molecule has 30 heavy (non-hydrogen) atoms. The number of piperidine rings is 1. The standard InChI is InChI=1S/C22H24N6O2/c1-3-17(29)27-12-5-4-6-16(27)22-26-18(14-7-9-15(10-8-14)20(23)30)19-21(24-2)25-11-13-28(19)22/h3,7-11,13,16H,1,4-6,12H2,2H3,(H2,23,30)(H,24,25)/t16-/m0/s1. The number of hydrogen-bond donors (Lipinski definition) is 2. The first-order chi connectivity index (χ1) is 14.5. The molecule has 0 spiro atoms. The Bertz CT molecular complexity index is 1120. The lowest BCUT2D eigenvalue weighted by molar-refractivity contribution is -0.129. The van der Waals surface area contributed by atoms with E-state index in [2.05, 4.69) is 16.9 Å². The molecule has 0 radical (unpaired) electrons. The SMILES string of the molecule is C=CC(=O)N1CCCC[C@H]1c1nc(-c2ccc(C(N)=O)cc2)c2c(NC)nccn12. The molecule has 0 bridgehead atoms. The van der Waals surface area contributed by atoms with E-state index in [4.69, 9.17) is 10.7 Å². The predicted octanol–water partition coefficient (Wildman–Crippen LogP) is 2.78. The van der Waals surface area contributed by atoms with Gasteiger partial charge in [-0.25, -0.2) is 9.97 Å². The zero-order valence-corrected chi connectivity index (χ0v) is 16.8. The van der Waals surface area contributed by atoms with Crippen LogP contribution in [0.1, 0.15) is 41.5 Å². The Morgan fingerprint density at radius 3 is 2.70 bits per heavy atom. The third-order valence-corrected chi connectivity index (χ3v) is 5.52. The third-order valence-electron chi connectivity index (χ3n) is 5.52. The van der Waals surface area contributed by atoms with Gasteiger partial charge in [0.1, 0.15) is 17.0 Å². The molecule has 8 nitrogen and oxygen atoms in total. The van der Waals surface area contributed by atoms with Crippen LogP contribution in [0, 0.1) is 0 Å². The molecule has 1 atom stereocenters. The lowest BCUT2D eigenvalue weighted by Gasteiger charge is -2.34. The minimum atomic E-state index is -0.477. The zero-order valence-electron chi connectivity index (χ0n) is 16.8. The fourth-order valence-corrected chi connectivity index (χ4v) is 4.06. The summed E-state index contributed by atoms with van der Waals surface area (Å²) in [6, 6.07) is 6.87. The number of anilines is 1. The van der Waals surface area contributed by atoms with Crippen LogP contribution in [0.3, 0.4) is 0 Å². The fourth-order valence-electron chi connectivity index (χ4n) is 4.06. The molecule has 3 heterocycles. The van der Waals surface area contributed by atoms with Crippen molar-refractivity contribution in [3.8, 4) is 11.3 Å². The smallest absolute Gasteiger partial charge is 0.248 e. The number of aromatic nitrogens is 3. The lowest BCUT2D eigenvalue weighted by atomic mass is 10.0. The Kier molecular flexibility index (Phi) is 5.22. The van der Waals surface area contributed by atoms with E-state index in [1.54, 1.807) is 18.3 Å². The number of amides is 2. The number of imidazole rings is 1. The summed E-state index contributed by atoms with van der Waals surface area (Å²) in [5, 5.41) is 3.13. The molecule has 3 N–H and O–H groups in total. The van der Waals surface area contributed by atoms with E-state index in [1.165, 1.54) is 6.08 Å². The zero-order chi connectivity index (χ0) is 21.3. The van der Waals surface area contributed by atoms with Crippen LogP contribution in [-0.2, 0) is 4.79 Å². The molecule has 1 aliphatic rings. The minimum Gasteiger partial charge on any atom is -0.371 e. The predicted molar refractivity (Wildman–Crippen MR) is 115 cm³/mol. The van der Waals surface area contributed by atoms with Gasteiger partial charge in [0.2, 0.25) is 11.8 Å². The van der Waals surface area contributed by atoms with Crippen molar-refractivity contribution in [2.45, 2.75) is 25.3 Å². The van der Waals surface area contributed by atoms with E-state index >= 15 is 0 Å². The van der Waals surface area contributed by atoms with Gasteiger partial charge >= 0.3 is 0 Å². The van der Waals surface area contributed by atoms with E-state index in [9.17, 15) is 9.59 Å². The number of rotatable bonds is 5. The van der Waals surface area contributed by atoms with Gasteiger partial charge in [0.05, 0.1) is 6.04 Å². The van der Waals surface area contributed by atoms with E-state index in [0.717, 1.165) is 41.9 Å². The largest absolute Gasteiger partial charge is 0.371 e. The summed E-state index contributed by atoms with van der Waals surface area (Å²) in [5.74, 6) is 0.900. The first-order valence-electron chi connectivity index (χ1n) is 9.93. The van der Waals surface area contributed by atoms with Gasteiger partial charge in [-0.05, 0) is 37.5 Å². The van der Waals surface area contributed by atoms with E-state index in [1.807, 2.05) is 34.7 Å². The van der Waals surface area contributed by atoms with Crippen molar-refractivity contribution in [1.82, 2.24) is 19.3 Å². The van der Waals surface area contributed by atoms with Crippen molar-refractivity contribution in [2.75, 3.05) is 18.9 Å². The summed E-state index contributed by atoms with van der Waals surface area (Å²) in [7, 11) is 1.81. The number of carbonyl (C=O) groups excluding carboxylic acids is 2. The number of benzene rings is 1. The summed E-state index contributed by atoms with van der Waals surface area (Å²) in [4.78, 5) is 35.2. The molecule has 8 heteroatoms. The molecule has 1 aromatic carbocycles. The molecule has 4 rings (SSSR count). The number of fused-ring (bicyclic) bond motifs is 1. The topological polar surface area (TPSA) is 106 Å². The number of primary amides is 1. The molecule has 0 aliphatic carbocycles. The molecular formula is C22H24N6O2. The maximum absolute atomic E-state index is 12.5. The summed E-state index contributed by atoms with van der Waals surface area (Å²) in [6.07, 6.45) is 7.75. The summed E-state index contributed by atoms with van der Waals surface area (Å²) < 4.78 is 2.00. The molecule has 0 saturated carbocycles. The van der Waals surface area contributed by atoms with Crippen molar-refractivity contribution in [1.29, 1.82) is 0 Å². The summed E-state index contributed by atoms with van der Waals surface area (Å²) >= 11 is 0. The van der Waals surface area contributed by atoms with Crippen LogP contribution in [0.25, 0.3) is 16.8 Å². The number of nitrogens with one attached hydrogen (secondary N) is 1. The molecule has 0 unspecified atom stereocenters. The third kappa shape index (κ3) is 3.30. The van der Waals surface area contributed by atoms with E-state index in [0.29, 0.717) is 17.9 Å². The lowest BCUT2D eigenvalue weighted by Crippen LogP contribution is -2.38. The molecule has 2 aromatic heterocycles. The number of hydrogen-bond acceptors (Lipinski definition) is 5. The monoisotopic (exact) mass is 404 g/mol. The summed E-state index contributed by atoms with van der Waals surface area (Å²) in [6.45, 7) is 4.33. The Balaban J connectivity index is 1.90. The highest BCUT2D eigenvalue weighted by atomic mass is 16.2.